The Morgan fingerprint density at radius 1 is 0.365 bits per heavy atom. The molecule has 8 aliphatic heterocycles. The molecule has 11 rings (SSSR count). The van der Waals surface area contributed by atoms with Gasteiger partial charge >= 0.3 is 0 Å². The fraction of sp³-hybridized carbons (Fsp3) is 0.967. The number of ether oxygens (including phenoxy) is 2. The van der Waals surface area contributed by atoms with Gasteiger partial charge in [-0.15, -0.1) is 0 Å². The number of rotatable bonds is 22. The van der Waals surface area contributed by atoms with Crippen molar-refractivity contribution in [3.05, 3.63) is 12.2 Å². The lowest BCUT2D eigenvalue weighted by Gasteiger charge is -2.36. The van der Waals surface area contributed by atoms with Gasteiger partial charge in [0.2, 0.25) is 0 Å². The molecule has 0 N–H and O–H groups in total. The number of hydrogen-bond donors (Lipinski definition) is 0. The Bertz CT molecular complexity index is 3050. The SMILES string of the molecule is C=C1CCC(CCC(C)(C)C)CC1.C=S(C)(=O)N1CCC(CCC(C)(C)C)CC1.C=S(C)(=O)N1CCCC(CCC(C)(C)C)C1.CC.CC.CC(C)(C)CCC1CCC2(CC1)OCCO2.CC(C)(C)CCC1CCCCC1.CC1CCN(OC(C)C)CC1.CCN1CCC(CCC(C)(C)C)CC1.CN1CCC(CCC(C)(C)C)CC1.CN1CCN(CCC(C)(C)C)CC1.CON1CCC(C)CC1. The standard InChI is InChI=1S/C14H26O2.2C13H27NOS.C13H27N.C13H24.C12H25N.C12H24.C11H24N2.C9H19NO.C7H15NO.2C2H6/c1-13(2,3)7-4-12-5-8-14(9-6-12)15-10-11-16-14;1-13(2,3)9-6-12-7-10-14(11-8-12)16(4,5)15;1-13(2,3)9-8-12-7-6-10-14(11-12)16(4,5)15;1-5-14-10-7-12(8-11-14)6-9-13(2,3)4;1-11-5-7-12(8-6-11)9-10-13(2,3)4;1-12(2,3)8-5-11-6-9-13(4)10-7-11;1-12(2,3)10-9-11-7-5-4-6-8-11;1-11(2,3)5-6-13-9-7-12(4)8-10-13;1-8(2)11-10-6-4-9(3)5-7-10;1-7-3-5-8(9-2)6-4-7;2*1-2/h12H,4-11H2,1-3H3;2*12H,4,6-11H2,1-3,5H3;12H,5-11H2,1-4H3;12H,1,5-10H2,2-4H3;11H,5-10H2,1-4H3;11H,4-10H2,1-3H3;5-10H2,1-4H3;8-9H,4-7H2,1-3H3;7H,3-6H2,1-2H3;2*1-2H3. The first kappa shape index (κ1) is 136. The Labute approximate surface area is 862 Å². The van der Waals surface area contributed by atoms with E-state index in [0.29, 0.717) is 49.4 Å². The summed E-state index contributed by atoms with van der Waals surface area (Å²) < 4.78 is 39.3. The van der Waals surface area contributed by atoms with E-state index in [1.807, 2.05) is 32.8 Å². The van der Waals surface area contributed by atoms with Gasteiger partial charge in [-0.3, -0.25) is 13.3 Å². The van der Waals surface area contributed by atoms with E-state index in [4.69, 9.17) is 19.1 Å². The van der Waals surface area contributed by atoms with Crippen LogP contribution < -0.4 is 0 Å². The van der Waals surface area contributed by atoms with E-state index < -0.39 is 19.4 Å². The molecule has 3 atom stereocenters. The van der Waals surface area contributed by atoms with Gasteiger partial charge in [-0.1, -0.05) is 259 Å². The smallest absolute Gasteiger partial charge is 0.168 e. The van der Waals surface area contributed by atoms with Gasteiger partial charge in [0.15, 0.2) is 5.79 Å². The van der Waals surface area contributed by atoms with Gasteiger partial charge < -0.3 is 33.9 Å². The third-order valence-corrected chi connectivity index (χ3v) is 33.2. The van der Waals surface area contributed by atoms with Crippen molar-refractivity contribution in [3.63, 3.8) is 0 Å². The number of nitrogens with zero attached hydrogens (tertiary/aromatic N) is 8. The predicted octanol–water partition coefficient (Wildman–Crippen LogP) is 32.0. The number of likely N-dealkylation sites (N-methyl/N-ethyl adjacent to an activating group) is 1. The highest BCUT2D eigenvalue weighted by Gasteiger charge is 2.41. The third kappa shape index (κ3) is 77.3. The zero-order valence-corrected chi connectivity index (χ0v) is 102. The minimum absolute atomic E-state index is 0.168. The van der Waals surface area contributed by atoms with Gasteiger partial charge in [0.1, 0.15) is 0 Å². The van der Waals surface area contributed by atoms with Crippen LogP contribution in [0.5, 0.6) is 0 Å². The highest BCUT2D eigenvalue weighted by molar-refractivity contribution is 7.97. The number of piperazine rings is 1. The Hall–Kier alpha value is -0.700. The van der Waals surface area contributed by atoms with Crippen molar-refractivity contribution in [1.29, 1.82) is 0 Å². The van der Waals surface area contributed by atoms with Crippen molar-refractivity contribution in [2.24, 2.45) is 96.6 Å². The number of hydroxylamine groups is 4. The number of hydrogen-bond acceptors (Lipinski definition) is 12. The summed E-state index contributed by atoms with van der Waals surface area (Å²) in [6.07, 6.45) is 57.8. The Balaban J connectivity index is 0.00000150. The normalized spacial score (nSPS) is 22.9. The molecule has 0 bridgehead atoms. The van der Waals surface area contributed by atoms with E-state index >= 15 is 0 Å². The maximum absolute atomic E-state index is 11.9. The second kappa shape index (κ2) is 70.3. The average molecular weight is 1980 g/mol. The molecule has 0 radical (unpaired) electrons. The Kier molecular flexibility index (Phi) is 70.0. The summed E-state index contributed by atoms with van der Waals surface area (Å²) in [5.74, 6) is 15.7. The maximum Gasteiger partial charge on any atom is 0.168 e. The molecule has 0 aromatic heterocycles. The minimum Gasteiger partial charge on any atom is -0.348 e. The largest absolute Gasteiger partial charge is 0.348 e. The molecule has 137 heavy (non-hydrogen) atoms. The van der Waals surface area contributed by atoms with Gasteiger partial charge in [-0.05, 0) is 387 Å². The van der Waals surface area contributed by atoms with Crippen molar-refractivity contribution in [3.8, 4) is 0 Å². The molecule has 822 valence electrons. The number of piperidine rings is 6. The maximum atomic E-state index is 11.9. The zero-order valence-electron chi connectivity index (χ0n) is 100. The summed E-state index contributed by atoms with van der Waals surface area (Å²) in [6.45, 7) is 102. The van der Waals surface area contributed by atoms with Gasteiger partial charge in [-0.2, -0.15) is 10.1 Å². The molecule has 1 spiro atoms. The van der Waals surface area contributed by atoms with Crippen LogP contribution >= 0.6 is 0 Å². The second-order valence-corrected chi connectivity index (χ2v) is 59.6. The van der Waals surface area contributed by atoms with Crippen molar-refractivity contribution >= 4 is 31.2 Å². The molecule has 0 amide bonds. The fourth-order valence-electron chi connectivity index (χ4n) is 19.8. The summed E-state index contributed by atoms with van der Waals surface area (Å²) in [4.78, 5) is 20.7. The Morgan fingerprint density at radius 3 is 1.01 bits per heavy atom. The van der Waals surface area contributed by atoms with Crippen LogP contribution in [0.15, 0.2) is 12.2 Å². The highest BCUT2D eigenvalue weighted by Crippen LogP contribution is 2.43. The van der Waals surface area contributed by atoms with Crippen LogP contribution in [0.2, 0.25) is 0 Å². The first-order chi connectivity index (χ1) is 63.4. The molecule has 8 saturated heterocycles. The predicted molar refractivity (Wildman–Crippen MR) is 615 cm³/mol. The van der Waals surface area contributed by atoms with Crippen molar-refractivity contribution in [1.82, 2.24) is 38.3 Å². The van der Waals surface area contributed by atoms with E-state index in [2.05, 4.69) is 266 Å². The van der Waals surface area contributed by atoms with Crippen LogP contribution in [0, 0.1) is 96.6 Å². The molecule has 11 aliphatic rings. The third-order valence-electron chi connectivity index (χ3n) is 30.4. The highest BCUT2D eigenvalue weighted by atomic mass is 32.2. The van der Waals surface area contributed by atoms with Gasteiger partial charge in [0, 0.05) is 123 Å². The Morgan fingerprint density at radius 2 is 0.672 bits per heavy atom. The topological polar surface area (TPSA) is 97.0 Å². The van der Waals surface area contributed by atoms with Gasteiger partial charge in [0.05, 0.1) is 26.4 Å². The van der Waals surface area contributed by atoms with Crippen LogP contribution in [-0.4, -0.2) is 235 Å². The van der Waals surface area contributed by atoms with Gasteiger partial charge in [0.25, 0.3) is 0 Å². The lowest BCUT2D eigenvalue weighted by atomic mass is 9.79. The van der Waals surface area contributed by atoms with Crippen LogP contribution in [-0.2, 0) is 38.6 Å². The summed E-state index contributed by atoms with van der Waals surface area (Å²) in [5.41, 5.74) is 5.45. The first-order valence-corrected chi connectivity index (χ1v) is 62.2. The van der Waals surface area contributed by atoms with Crippen molar-refractivity contribution in [2.75, 3.05) is 165 Å². The molecule has 3 saturated carbocycles. The van der Waals surface area contributed by atoms with Crippen molar-refractivity contribution in [2.45, 2.75) is 497 Å². The van der Waals surface area contributed by atoms with E-state index in [1.165, 1.54) is 315 Å². The molecular formula is C121H250N8O6S2. The van der Waals surface area contributed by atoms with Crippen LogP contribution in [0.25, 0.3) is 0 Å². The van der Waals surface area contributed by atoms with Crippen LogP contribution in [0.4, 0.5) is 0 Å². The molecular weight excluding hydrogens is 1730 g/mol. The monoisotopic (exact) mass is 1980 g/mol. The molecule has 0 aromatic rings. The van der Waals surface area contributed by atoms with E-state index in [1.54, 1.807) is 19.6 Å². The summed E-state index contributed by atoms with van der Waals surface area (Å²) in [6, 6.07) is 0. The van der Waals surface area contributed by atoms with E-state index in [0.717, 1.165) is 132 Å². The molecule has 8 heterocycles. The molecule has 16 heteroatoms. The summed E-state index contributed by atoms with van der Waals surface area (Å²) in [7, 11) is 2.25. The molecule has 3 aliphatic carbocycles. The van der Waals surface area contributed by atoms with Crippen molar-refractivity contribution < 1.29 is 27.6 Å². The van der Waals surface area contributed by atoms with E-state index in [9.17, 15) is 8.42 Å². The second-order valence-electron chi connectivity index (χ2n) is 54.8. The summed E-state index contributed by atoms with van der Waals surface area (Å²) >= 11 is 0. The minimum atomic E-state index is -1.98. The molecule has 14 nitrogen and oxygen atoms in total. The fourth-order valence-corrected chi connectivity index (χ4v) is 21.8. The first-order valence-electron chi connectivity index (χ1n) is 58.0. The summed E-state index contributed by atoms with van der Waals surface area (Å²) in [5, 5.41) is 4.13. The average Bonchev–Trinajstić information content (AvgIpc) is 1.66. The number of allylic oxidation sites excluding steroid dienone is 1. The molecule has 3 unspecified atom stereocenters. The van der Waals surface area contributed by atoms with Crippen LogP contribution in [0.1, 0.15) is 485 Å². The number of likely N-dealkylation sites (tertiary alicyclic amines) is 2. The zero-order chi connectivity index (χ0) is 105. The van der Waals surface area contributed by atoms with E-state index in [-0.39, 0.29) is 5.79 Å². The van der Waals surface area contributed by atoms with Gasteiger partial charge in [-0.25, -0.2) is 8.61 Å². The van der Waals surface area contributed by atoms with Crippen LogP contribution in [0.3, 0.4) is 0 Å². The molecule has 0 aromatic carbocycles. The lowest BCUT2D eigenvalue weighted by molar-refractivity contribution is -0.199. The quantitative estimate of drug-likeness (QED) is 0.0763. The lowest BCUT2D eigenvalue weighted by Crippen LogP contribution is -2.45. The molecule has 11 fully saturated rings.